The molecule has 0 aromatic carbocycles. The SMILES string of the molecule is CC(C)Nc1nc(NN)nc(N2CCOCC2)n1. The van der Waals surface area contributed by atoms with Gasteiger partial charge in [-0.1, -0.05) is 0 Å². The molecular weight excluding hydrogens is 234 g/mol. The number of nitrogens with zero attached hydrogens (tertiary/aromatic N) is 4. The van der Waals surface area contributed by atoms with Crippen LogP contribution in [0.15, 0.2) is 0 Å². The highest BCUT2D eigenvalue weighted by Gasteiger charge is 2.16. The van der Waals surface area contributed by atoms with E-state index in [-0.39, 0.29) is 6.04 Å². The number of ether oxygens (including phenoxy) is 1. The molecule has 0 saturated carbocycles. The van der Waals surface area contributed by atoms with Crippen LogP contribution < -0.4 is 21.5 Å². The number of hydrazine groups is 1. The Labute approximate surface area is 106 Å². The summed E-state index contributed by atoms with van der Waals surface area (Å²) in [7, 11) is 0. The summed E-state index contributed by atoms with van der Waals surface area (Å²) in [6.07, 6.45) is 0. The molecular formula is C10H19N7O. The van der Waals surface area contributed by atoms with E-state index >= 15 is 0 Å². The number of rotatable bonds is 4. The van der Waals surface area contributed by atoms with Crippen LogP contribution >= 0.6 is 0 Å². The summed E-state index contributed by atoms with van der Waals surface area (Å²) < 4.78 is 5.30. The van der Waals surface area contributed by atoms with Gasteiger partial charge in [-0.15, -0.1) is 0 Å². The summed E-state index contributed by atoms with van der Waals surface area (Å²) in [6, 6.07) is 0.246. The predicted molar refractivity (Wildman–Crippen MR) is 69.4 cm³/mol. The van der Waals surface area contributed by atoms with Crippen LogP contribution in [0.2, 0.25) is 0 Å². The summed E-state index contributed by atoms with van der Waals surface area (Å²) in [5.74, 6) is 6.87. The molecule has 1 aliphatic heterocycles. The maximum Gasteiger partial charge on any atom is 0.243 e. The van der Waals surface area contributed by atoms with Crippen molar-refractivity contribution >= 4 is 17.8 Å². The molecule has 8 heteroatoms. The van der Waals surface area contributed by atoms with Crippen molar-refractivity contribution in [3.8, 4) is 0 Å². The van der Waals surface area contributed by atoms with Crippen molar-refractivity contribution in [2.45, 2.75) is 19.9 Å². The second-order valence-electron chi connectivity index (χ2n) is 4.33. The number of morpholine rings is 1. The lowest BCUT2D eigenvalue weighted by Crippen LogP contribution is -2.37. The molecule has 0 aliphatic carbocycles. The lowest BCUT2D eigenvalue weighted by molar-refractivity contribution is 0.122. The largest absolute Gasteiger partial charge is 0.378 e. The number of anilines is 3. The first-order chi connectivity index (χ1) is 8.69. The van der Waals surface area contributed by atoms with Crippen LogP contribution in [-0.2, 0) is 4.74 Å². The van der Waals surface area contributed by atoms with Crippen molar-refractivity contribution in [1.82, 2.24) is 15.0 Å². The molecule has 0 spiro atoms. The number of hydrogen-bond acceptors (Lipinski definition) is 8. The molecule has 2 rings (SSSR count). The quantitative estimate of drug-likeness (QED) is 0.501. The van der Waals surface area contributed by atoms with Crippen LogP contribution in [-0.4, -0.2) is 47.3 Å². The molecule has 1 aromatic rings. The van der Waals surface area contributed by atoms with Gasteiger partial charge in [0.2, 0.25) is 17.8 Å². The van der Waals surface area contributed by atoms with E-state index in [0.717, 1.165) is 13.1 Å². The van der Waals surface area contributed by atoms with Gasteiger partial charge in [0.1, 0.15) is 0 Å². The zero-order chi connectivity index (χ0) is 13.0. The molecule has 1 aliphatic rings. The van der Waals surface area contributed by atoms with Crippen LogP contribution in [0.1, 0.15) is 13.8 Å². The molecule has 18 heavy (non-hydrogen) atoms. The van der Waals surface area contributed by atoms with E-state index in [0.29, 0.717) is 31.1 Å². The fourth-order valence-electron chi connectivity index (χ4n) is 1.66. The Kier molecular flexibility index (Phi) is 4.11. The van der Waals surface area contributed by atoms with Crippen LogP contribution in [0.4, 0.5) is 17.8 Å². The summed E-state index contributed by atoms with van der Waals surface area (Å²) in [4.78, 5) is 14.9. The topological polar surface area (TPSA) is 101 Å². The molecule has 2 heterocycles. The van der Waals surface area contributed by atoms with Gasteiger partial charge in [-0.3, -0.25) is 5.43 Å². The average molecular weight is 253 g/mol. The Morgan fingerprint density at radius 3 is 2.44 bits per heavy atom. The van der Waals surface area contributed by atoms with Crippen molar-refractivity contribution in [3.05, 3.63) is 0 Å². The highest BCUT2D eigenvalue weighted by Crippen LogP contribution is 2.14. The van der Waals surface area contributed by atoms with E-state index in [9.17, 15) is 0 Å². The molecule has 100 valence electrons. The van der Waals surface area contributed by atoms with Crippen LogP contribution in [0.25, 0.3) is 0 Å². The summed E-state index contributed by atoms with van der Waals surface area (Å²) in [5.41, 5.74) is 2.46. The zero-order valence-corrected chi connectivity index (χ0v) is 10.7. The molecule has 0 unspecified atom stereocenters. The standard InChI is InChI=1S/C10H19N7O/c1-7(2)12-8-13-9(16-11)15-10(14-8)17-3-5-18-6-4-17/h7H,3-6,11H2,1-2H3,(H2,12,13,14,15,16). The number of nitrogens with two attached hydrogens (primary N) is 1. The number of nitrogen functional groups attached to an aromatic ring is 1. The Morgan fingerprint density at radius 2 is 1.83 bits per heavy atom. The van der Waals surface area contributed by atoms with Gasteiger partial charge < -0.3 is 15.0 Å². The van der Waals surface area contributed by atoms with E-state index in [1.54, 1.807) is 0 Å². The number of aromatic nitrogens is 3. The first-order valence-electron chi connectivity index (χ1n) is 6.01. The molecule has 0 atom stereocenters. The van der Waals surface area contributed by atoms with Gasteiger partial charge in [0, 0.05) is 19.1 Å². The number of nitrogens with one attached hydrogen (secondary N) is 2. The van der Waals surface area contributed by atoms with Crippen molar-refractivity contribution < 1.29 is 4.74 Å². The molecule has 0 bridgehead atoms. The minimum Gasteiger partial charge on any atom is -0.378 e. The van der Waals surface area contributed by atoms with Gasteiger partial charge in [0.25, 0.3) is 0 Å². The van der Waals surface area contributed by atoms with Gasteiger partial charge >= 0.3 is 0 Å². The van der Waals surface area contributed by atoms with Crippen LogP contribution in [0, 0.1) is 0 Å². The third kappa shape index (κ3) is 3.17. The fourth-order valence-corrected chi connectivity index (χ4v) is 1.66. The Bertz CT molecular complexity index is 392. The van der Waals surface area contributed by atoms with Crippen LogP contribution in [0.5, 0.6) is 0 Å². The first-order valence-corrected chi connectivity index (χ1v) is 6.01. The minimum absolute atomic E-state index is 0.246. The maximum atomic E-state index is 5.37. The highest BCUT2D eigenvalue weighted by molar-refractivity contribution is 5.43. The Hall–Kier alpha value is -1.67. The molecule has 1 aromatic heterocycles. The van der Waals surface area contributed by atoms with E-state index < -0.39 is 0 Å². The second kappa shape index (κ2) is 5.78. The van der Waals surface area contributed by atoms with Crippen LogP contribution in [0.3, 0.4) is 0 Å². The van der Waals surface area contributed by atoms with E-state index in [2.05, 4.69) is 30.6 Å². The highest BCUT2D eigenvalue weighted by atomic mass is 16.5. The maximum absolute atomic E-state index is 5.37. The van der Waals surface area contributed by atoms with Gasteiger partial charge in [-0.2, -0.15) is 15.0 Å². The van der Waals surface area contributed by atoms with Gasteiger partial charge in [0.05, 0.1) is 13.2 Å². The first kappa shape index (κ1) is 12.8. The smallest absolute Gasteiger partial charge is 0.243 e. The van der Waals surface area contributed by atoms with Crippen molar-refractivity contribution in [1.29, 1.82) is 0 Å². The van der Waals surface area contributed by atoms with Gasteiger partial charge in [0.15, 0.2) is 0 Å². The lowest BCUT2D eigenvalue weighted by Gasteiger charge is -2.27. The minimum atomic E-state index is 0.246. The van der Waals surface area contributed by atoms with E-state index in [1.807, 2.05) is 13.8 Å². The Balaban J connectivity index is 2.22. The van der Waals surface area contributed by atoms with Gasteiger partial charge in [-0.25, -0.2) is 5.84 Å². The molecule has 1 fully saturated rings. The second-order valence-corrected chi connectivity index (χ2v) is 4.33. The lowest BCUT2D eigenvalue weighted by atomic mass is 10.4. The number of hydrogen-bond donors (Lipinski definition) is 3. The molecule has 0 radical (unpaired) electrons. The normalized spacial score (nSPS) is 15.9. The predicted octanol–water partition coefficient (Wildman–Crippen LogP) is -0.186. The average Bonchev–Trinajstić information content (AvgIpc) is 2.38. The zero-order valence-electron chi connectivity index (χ0n) is 10.7. The van der Waals surface area contributed by atoms with Gasteiger partial charge in [-0.05, 0) is 13.8 Å². The summed E-state index contributed by atoms with van der Waals surface area (Å²) in [5, 5.41) is 3.14. The van der Waals surface area contributed by atoms with E-state index in [1.165, 1.54) is 0 Å². The summed E-state index contributed by atoms with van der Waals surface area (Å²) in [6.45, 7) is 6.96. The third-order valence-corrected chi connectivity index (χ3v) is 2.46. The van der Waals surface area contributed by atoms with Crippen molar-refractivity contribution in [3.63, 3.8) is 0 Å². The fraction of sp³-hybridized carbons (Fsp3) is 0.700. The van der Waals surface area contributed by atoms with E-state index in [4.69, 9.17) is 10.6 Å². The van der Waals surface area contributed by atoms with Crippen molar-refractivity contribution in [2.75, 3.05) is 41.9 Å². The molecule has 4 N–H and O–H groups in total. The third-order valence-electron chi connectivity index (χ3n) is 2.46. The summed E-state index contributed by atoms with van der Waals surface area (Å²) >= 11 is 0. The molecule has 0 amide bonds. The molecule has 8 nitrogen and oxygen atoms in total. The van der Waals surface area contributed by atoms with Crippen molar-refractivity contribution in [2.24, 2.45) is 5.84 Å². The monoisotopic (exact) mass is 253 g/mol. The molecule has 1 saturated heterocycles. The Morgan fingerprint density at radius 1 is 1.17 bits per heavy atom.